The lowest BCUT2D eigenvalue weighted by Gasteiger charge is -2.16. The maximum absolute atomic E-state index is 12.5. The number of likely N-dealkylation sites (N-methyl/N-ethyl adjacent to an activating group) is 1. The summed E-state index contributed by atoms with van der Waals surface area (Å²) in [5.74, 6) is -1.18. The minimum atomic E-state index is -5.52. The molecule has 1 saturated heterocycles. The van der Waals surface area contributed by atoms with Gasteiger partial charge in [0.1, 0.15) is 19.3 Å². The first-order chi connectivity index (χ1) is 13.9. The Hall–Kier alpha value is -1.97. The highest BCUT2D eigenvalue weighted by molar-refractivity contribution is 9.10. The van der Waals surface area contributed by atoms with Crippen molar-refractivity contribution in [2.45, 2.75) is 31.4 Å². The van der Waals surface area contributed by atoms with Gasteiger partial charge in [-0.15, -0.1) is 0 Å². The van der Waals surface area contributed by atoms with Gasteiger partial charge in [-0.1, -0.05) is 0 Å². The molecule has 0 saturated carbocycles. The SMILES string of the molecule is CCN1OC[C@@H](NC(=O)c2cc(OCC(C)NS(=O)(=O)C(F)(F)F)ncc2Br)C1=O. The highest BCUT2D eigenvalue weighted by Gasteiger charge is 2.46. The predicted molar refractivity (Wildman–Crippen MR) is 99.6 cm³/mol. The molecule has 1 aliphatic heterocycles. The van der Waals surface area contributed by atoms with Crippen LogP contribution in [0.5, 0.6) is 5.88 Å². The number of hydroxylamine groups is 2. The Balaban J connectivity index is 2.01. The first kappa shape index (κ1) is 24.3. The second-order valence-corrected chi connectivity index (χ2v) is 8.70. The number of carbonyl (C=O) groups excluding carboxylic acids is 2. The fourth-order valence-electron chi connectivity index (χ4n) is 2.31. The molecule has 2 N–H and O–H groups in total. The van der Waals surface area contributed by atoms with Crippen LogP contribution in [0.4, 0.5) is 13.2 Å². The molecule has 0 radical (unpaired) electrons. The zero-order valence-electron chi connectivity index (χ0n) is 15.7. The average molecular weight is 519 g/mol. The Morgan fingerprint density at radius 2 is 2.17 bits per heavy atom. The first-order valence-electron chi connectivity index (χ1n) is 8.47. The number of hydrogen-bond donors (Lipinski definition) is 2. The second kappa shape index (κ2) is 9.45. The van der Waals surface area contributed by atoms with E-state index >= 15 is 0 Å². The van der Waals surface area contributed by atoms with E-state index < -0.39 is 46.0 Å². The molecule has 10 nitrogen and oxygen atoms in total. The number of rotatable bonds is 8. The number of pyridine rings is 1. The van der Waals surface area contributed by atoms with Crippen LogP contribution >= 0.6 is 15.9 Å². The minimum Gasteiger partial charge on any atom is -0.476 e. The Morgan fingerprint density at radius 3 is 2.73 bits per heavy atom. The number of nitrogens with zero attached hydrogens (tertiary/aromatic N) is 2. The monoisotopic (exact) mass is 518 g/mol. The molecule has 2 atom stereocenters. The quantitative estimate of drug-likeness (QED) is 0.524. The molecular formula is C15H18BrF3N4O6S. The lowest BCUT2D eigenvalue weighted by molar-refractivity contribution is -0.160. The van der Waals surface area contributed by atoms with E-state index in [4.69, 9.17) is 9.57 Å². The molecule has 1 fully saturated rings. The summed E-state index contributed by atoms with van der Waals surface area (Å²) in [6.07, 6.45) is 1.22. The van der Waals surface area contributed by atoms with Crippen LogP contribution in [-0.2, 0) is 19.7 Å². The number of aromatic nitrogens is 1. The molecule has 15 heteroatoms. The number of halogens is 4. The van der Waals surface area contributed by atoms with Gasteiger partial charge in [-0.3, -0.25) is 14.4 Å². The number of sulfonamides is 1. The zero-order chi connectivity index (χ0) is 22.7. The molecule has 0 aromatic carbocycles. The zero-order valence-corrected chi connectivity index (χ0v) is 18.1. The van der Waals surface area contributed by atoms with E-state index in [1.54, 1.807) is 6.92 Å². The van der Waals surface area contributed by atoms with E-state index in [1.165, 1.54) is 23.9 Å². The van der Waals surface area contributed by atoms with Gasteiger partial charge < -0.3 is 10.1 Å². The third kappa shape index (κ3) is 5.80. The maximum Gasteiger partial charge on any atom is 0.511 e. The first-order valence-corrected chi connectivity index (χ1v) is 10.8. The van der Waals surface area contributed by atoms with Crippen LogP contribution in [0.1, 0.15) is 24.2 Å². The summed E-state index contributed by atoms with van der Waals surface area (Å²) in [4.78, 5) is 33.5. The molecule has 0 aliphatic carbocycles. The van der Waals surface area contributed by atoms with Gasteiger partial charge in [0.2, 0.25) is 5.88 Å². The summed E-state index contributed by atoms with van der Waals surface area (Å²) in [5, 5.41) is 3.62. The Labute approximate surface area is 178 Å². The third-order valence-electron chi connectivity index (χ3n) is 3.75. The van der Waals surface area contributed by atoms with Crippen molar-refractivity contribution in [2.75, 3.05) is 19.8 Å². The van der Waals surface area contributed by atoms with Crippen molar-refractivity contribution in [1.82, 2.24) is 20.1 Å². The summed E-state index contributed by atoms with van der Waals surface area (Å²) < 4.78 is 66.3. The molecule has 168 valence electrons. The molecule has 1 unspecified atom stereocenters. The summed E-state index contributed by atoms with van der Waals surface area (Å²) in [6.45, 7) is 2.69. The van der Waals surface area contributed by atoms with Crippen molar-refractivity contribution < 1.29 is 40.8 Å². The Morgan fingerprint density at radius 1 is 1.50 bits per heavy atom. The van der Waals surface area contributed by atoms with Gasteiger partial charge in [0.15, 0.2) is 0 Å². The lowest BCUT2D eigenvalue weighted by Crippen LogP contribution is -2.43. The molecule has 30 heavy (non-hydrogen) atoms. The topological polar surface area (TPSA) is 127 Å². The number of nitrogens with one attached hydrogen (secondary N) is 2. The van der Waals surface area contributed by atoms with Crippen LogP contribution in [0.25, 0.3) is 0 Å². The standard InChI is InChI=1S/C15H18BrF3N4O6S/c1-3-23-14(25)11(7-29-23)21-13(24)9-4-12(20-5-10(9)16)28-6-8(2)22-30(26,27)15(17,18)19/h4-5,8,11,22H,3,6-7H2,1-2H3,(H,21,24)/t8?,11-/m1/s1. The van der Waals surface area contributed by atoms with E-state index in [1.807, 2.05) is 0 Å². The molecule has 1 aromatic rings. The van der Waals surface area contributed by atoms with E-state index in [-0.39, 0.29) is 22.5 Å². The fraction of sp³-hybridized carbons (Fsp3) is 0.533. The van der Waals surface area contributed by atoms with Crippen LogP contribution in [0.3, 0.4) is 0 Å². The number of amides is 2. The van der Waals surface area contributed by atoms with Gasteiger partial charge in [-0.25, -0.2) is 23.2 Å². The third-order valence-corrected chi connectivity index (χ3v) is 5.70. The summed E-state index contributed by atoms with van der Waals surface area (Å²) in [5.41, 5.74) is -5.40. The fourth-order valence-corrected chi connectivity index (χ4v) is 3.44. The molecule has 2 rings (SSSR count). The second-order valence-electron chi connectivity index (χ2n) is 6.14. The van der Waals surface area contributed by atoms with Crippen LogP contribution < -0.4 is 14.8 Å². The molecule has 2 amide bonds. The highest BCUT2D eigenvalue weighted by Crippen LogP contribution is 2.23. The van der Waals surface area contributed by atoms with Crippen molar-refractivity contribution >= 4 is 37.8 Å². The highest BCUT2D eigenvalue weighted by atomic mass is 79.9. The average Bonchev–Trinajstić information content (AvgIpc) is 2.99. The van der Waals surface area contributed by atoms with Crippen molar-refractivity contribution in [2.24, 2.45) is 0 Å². The summed E-state index contributed by atoms with van der Waals surface area (Å²) >= 11 is 3.14. The van der Waals surface area contributed by atoms with Crippen LogP contribution in [0.15, 0.2) is 16.7 Å². The van der Waals surface area contributed by atoms with E-state index in [0.29, 0.717) is 6.54 Å². The van der Waals surface area contributed by atoms with E-state index in [9.17, 15) is 31.2 Å². The molecule has 0 spiro atoms. The van der Waals surface area contributed by atoms with Crippen molar-refractivity contribution in [3.63, 3.8) is 0 Å². The smallest absolute Gasteiger partial charge is 0.476 e. The normalized spacial score (nSPS) is 18.4. The molecule has 0 bridgehead atoms. The number of alkyl halides is 3. The predicted octanol–water partition coefficient (Wildman–Crippen LogP) is 0.943. The minimum absolute atomic E-state index is 0.0265. The van der Waals surface area contributed by atoms with Crippen molar-refractivity contribution in [1.29, 1.82) is 0 Å². The Kier molecular flexibility index (Phi) is 7.65. The number of ether oxygens (including phenoxy) is 1. The molecular weight excluding hydrogens is 501 g/mol. The maximum atomic E-state index is 12.5. The number of hydrogen-bond acceptors (Lipinski definition) is 7. The lowest BCUT2D eigenvalue weighted by atomic mass is 10.2. The van der Waals surface area contributed by atoms with Gasteiger partial charge in [-0.05, 0) is 29.8 Å². The largest absolute Gasteiger partial charge is 0.511 e. The van der Waals surface area contributed by atoms with Gasteiger partial charge >= 0.3 is 15.5 Å². The summed E-state index contributed by atoms with van der Waals surface area (Å²) in [6, 6.07) is -0.909. The number of carbonyl (C=O) groups is 2. The van der Waals surface area contributed by atoms with Crippen LogP contribution in [0.2, 0.25) is 0 Å². The molecule has 1 aliphatic rings. The van der Waals surface area contributed by atoms with Gasteiger partial charge in [-0.2, -0.15) is 13.2 Å². The van der Waals surface area contributed by atoms with Crippen molar-refractivity contribution in [3.8, 4) is 5.88 Å². The molecule has 1 aromatic heterocycles. The van der Waals surface area contributed by atoms with E-state index in [2.05, 4.69) is 26.2 Å². The van der Waals surface area contributed by atoms with Gasteiger partial charge in [0, 0.05) is 23.3 Å². The molecule has 2 heterocycles. The van der Waals surface area contributed by atoms with Crippen LogP contribution in [0, 0.1) is 0 Å². The Bertz CT molecular complexity index is 914. The van der Waals surface area contributed by atoms with Crippen molar-refractivity contribution in [3.05, 3.63) is 22.3 Å². The van der Waals surface area contributed by atoms with Gasteiger partial charge in [0.05, 0.1) is 11.6 Å². The van der Waals surface area contributed by atoms with Crippen LogP contribution in [-0.4, -0.2) is 67.6 Å². The van der Waals surface area contributed by atoms with E-state index in [0.717, 1.165) is 5.06 Å². The van der Waals surface area contributed by atoms with Gasteiger partial charge in [0.25, 0.3) is 11.8 Å². The summed E-state index contributed by atoms with van der Waals surface area (Å²) in [7, 11) is -5.52.